The van der Waals surface area contributed by atoms with Crippen LogP contribution in [-0.4, -0.2) is 39.4 Å². The molecule has 0 aliphatic carbocycles. The van der Waals surface area contributed by atoms with Gasteiger partial charge in [0, 0.05) is 26.8 Å². The summed E-state index contributed by atoms with van der Waals surface area (Å²) in [5, 5.41) is 6.72. The molecule has 1 aromatic rings. The molecule has 1 unspecified atom stereocenters. The van der Waals surface area contributed by atoms with Gasteiger partial charge in [0.1, 0.15) is 5.75 Å². The lowest BCUT2D eigenvalue weighted by Crippen LogP contribution is -2.38. The Labute approximate surface area is 170 Å². The highest BCUT2D eigenvalue weighted by Crippen LogP contribution is 2.18. The Morgan fingerprint density at radius 3 is 2.40 bits per heavy atom. The van der Waals surface area contributed by atoms with Gasteiger partial charge in [-0.1, -0.05) is 26.0 Å². The van der Waals surface area contributed by atoms with Crippen LogP contribution in [-0.2, 0) is 4.74 Å². The van der Waals surface area contributed by atoms with Crippen LogP contribution >= 0.6 is 24.0 Å². The summed E-state index contributed by atoms with van der Waals surface area (Å²) in [6.45, 7) is 11.6. The zero-order valence-corrected chi connectivity index (χ0v) is 18.5. The maximum Gasteiger partial charge on any atom is 0.191 e. The van der Waals surface area contributed by atoms with Gasteiger partial charge >= 0.3 is 0 Å². The van der Waals surface area contributed by atoms with E-state index in [9.17, 15) is 0 Å². The molecule has 6 heteroatoms. The van der Waals surface area contributed by atoms with Crippen LogP contribution in [0.25, 0.3) is 0 Å². The molecule has 0 spiro atoms. The fraction of sp³-hybridized carbons (Fsp3) is 0.632. The predicted octanol–water partition coefficient (Wildman–Crippen LogP) is 3.99. The average molecular weight is 463 g/mol. The number of rotatable bonds is 10. The fourth-order valence-corrected chi connectivity index (χ4v) is 2.12. The normalized spacial score (nSPS) is 12.5. The van der Waals surface area contributed by atoms with Crippen molar-refractivity contribution in [1.29, 1.82) is 0 Å². The molecule has 1 atom stereocenters. The first kappa shape index (κ1) is 24.0. The first-order valence-electron chi connectivity index (χ1n) is 8.83. The molecular formula is C19H34IN3O2. The summed E-state index contributed by atoms with van der Waals surface area (Å²) in [6, 6.07) is 8.42. The van der Waals surface area contributed by atoms with Crippen molar-refractivity contribution in [3.63, 3.8) is 0 Å². The zero-order chi connectivity index (χ0) is 17.8. The Morgan fingerprint density at radius 2 is 1.84 bits per heavy atom. The summed E-state index contributed by atoms with van der Waals surface area (Å²) in [6.07, 6.45) is 0.920. The molecule has 0 heterocycles. The number of benzene rings is 1. The second kappa shape index (κ2) is 14.2. The van der Waals surface area contributed by atoms with Crippen LogP contribution in [0.3, 0.4) is 0 Å². The van der Waals surface area contributed by atoms with Crippen molar-refractivity contribution in [3.05, 3.63) is 29.8 Å². The van der Waals surface area contributed by atoms with Gasteiger partial charge in [-0.2, -0.15) is 0 Å². The number of nitrogens with one attached hydrogen (secondary N) is 2. The van der Waals surface area contributed by atoms with Crippen molar-refractivity contribution in [2.24, 2.45) is 10.9 Å². The van der Waals surface area contributed by atoms with Crippen LogP contribution in [0, 0.1) is 5.92 Å². The summed E-state index contributed by atoms with van der Waals surface area (Å²) in [4.78, 5) is 4.57. The molecular weight excluding hydrogens is 429 g/mol. The zero-order valence-electron chi connectivity index (χ0n) is 16.2. The highest BCUT2D eigenvalue weighted by atomic mass is 127. The third-order valence-corrected chi connectivity index (χ3v) is 3.44. The Bertz CT molecular complexity index is 478. The Hall–Kier alpha value is -1.02. The first-order valence-corrected chi connectivity index (χ1v) is 8.83. The molecule has 0 aromatic heterocycles. The van der Waals surface area contributed by atoms with Crippen LogP contribution in [0.2, 0.25) is 0 Å². The third-order valence-electron chi connectivity index (χ3n) is 3.44. The molecule has 1 aromatic carbocycles. The number of methoxy groups -OCH3 is 1. The topological polar surface area (TPSA) is 54.9 Å². The molecule has 0 saturated heterocycles. The van der Waals surface area contributed by atoms with Crippen molar-refractivity contribution in [2.75, 3.05) is 33.4 Å². The molecule has 144 valence electrons. The minimum atomic E-state index is 0. The Morgan fingerprint density at radius 1 is 1.16 bits per heavy atom. The van der Waals surface area contributed by atoms with E-state index in [0.29, 0.717) is 5.92 Å². The first-order chi connectivity index (χ1) is 11.6. The quantitative estimate of drug-likeness (QED) is 0.239. The number of ether oxygens (including phenoxy) is 2. The molecule has 0 aliphatic rings. The van der Waals surface area contributed by atoms with Crippen molar-refractivity contribution in [3.8, 4) is 5.75 Å². The smallest absolute Gasteiger partial charge is 0.191 e. The number of halogens is 1. The van der Waals surface area contributed by atoms with Gasteiger partial charge < -0.3 is 20.1 Å². The van der Waals surface area contributed by atoms with Crippen LogP contribution in [0.1, 0.15) is 45.7 Å². The minimum Gasteiger partial charge on any atom is -0.493 e. The van der Waals surface area contributed by atoms with Gasteiger partial charge in [0.25, 0.3) is 0 Å². The van der Waals surface area contributed by atoms with Crippen molar-refractivity contribution < 1.29 is 9.47 Å². The van der Waals surface area contributed by atoms with Gasteiger partial charge in [0.05, 0.1) is 12.6 Å². The predicted molar refractivity (Wildman–Crippen MR) is 116 cm³/mol. The Balaban J connectivity index is 0.00000576. The lowest BCUT2D eigenvalue weighted by atomic mass is 10.1. The van der Waals surface area contributed by atoms with Crippen LogP contribution in [0.15, 0.2) is 29.3 Å². The highest BCUT2D eigenvalue weighted by Gasteiger charge is 2.08. The lowest BCUT2D eigenvalue weighted by Gasteiger charge is -2.18. The molecule has 5 nitrogen and oxygen atoms in total. The number of aliphatic imine (C=N–C) groups is 1. The minimum absolute atomic E-state index is 0. The monoisotopic (exact) mass is 463 g/mol. The molecule has 0 amide bonds. The largest absolute Gasteiger partial charge is 0.493 e. The fourth-order valence-electron chi connectivity index (χ4n) is 2.12. The standard InChI is InChI=1S/C19H33N3O2.HI/c1-6-20-19(21-12-7-13-23-5)22-16(4)17-8-10-18(11-9-17)24-14-15(2)3;/h8-11,15-16H,6-7,12-14H2,1-5H3,(H2,20,21,22);1H. The number of nitrogens with zero attached hydrogens (tertiary/aromatic N) is 1. The molecule has 0 aliphatic heterocycles. The van der Waals surface area contributed by atoms with E-state index in [1.54, 1.807) is 7.11 Å². The maximum absolute atomic E-state index is 5.73. The lowest BCUT2D eigenvalue weighted by molar-refractivity contribution is 0.197. The van der Waals surface area contributed by atoms with Gasteiger partial charge in [-0.05, 0) is 43.9 Å². The molecule has 0 bridgehead atoms. The average Bonchev–Trinajstić information content (AvgIpc) is 2.57. The number of hydrogen-bond donors (Lipinski definition) is 2. The van der Waals surface area contributed by atoms with Gasteiger partial charge in [-0.25, -0.2) is 0 Å². The summed E-state index contributed by atoms with van der Waals surface area (Å²) in [5.74, 6) is 2.28. The molecule has 0 saturated carbocycles. The maximum atomic E-state index is 5.73. The second-order valence-corrected chi connectivity index (χ2v) is 6.25. The van der Waals surface area contributed by atoms with Crippen LogP contribution in [0.5, 0.6) is 5.75 Å². The van der Waals surface area contributed by atoms with Crippen molar-refractivity contribution in [2.45, 2.75) is 40.2 Å². The van der Waals surface area contributed by atoms with E-state index in [-0.39, 0.29) is 30.0 Å². The van der Waals surface area contributed by atoms with Crippen molar-refractivity contribution in [1.82, 2.24) is 10.6 Å². The summed E-state index contributed by atoms with van der Waals surface area (Å²) >= 11 is 0. The van der Waals surface area contributed by atoms with E-state index >= 15 is 0 Å². The number of hydrogen-bond acceptors (Lipinski definition) is 3. The van der Waals surface area contributed by atoms with Gasteiger partial charge in [-0.15, -0.1) is 24.0 Å². The van der Waals surface area contributed by atoms with Gasteiger partial charge in [-0.3, -0.25) is 4.99 Å². The number of guanidine groups is 1. The molecule has 2 N–H and O–H groups in total. The van der Waals surface area contributed by atoms with E-state index < -0.39 is 0 Å². The summed E-state index contributed by atoms with van der Waals surface area (Å²) < 4.78 is 10.8. The van der Waals surface area contributed by atoms with E-state index in [1.807, 2.05) is 12.1 Å². The van der Waals surface area contributed by atoms with E-state index in [1.165, 1.54) is 5.56 Å². The summed E-state index contributed by atoms with van der Waals surface area (Å²) in [7, 11) is 1.71. The third kappa shape index (κ3) is 10.5. The van der Waals surface area contributed by atoms with Gasteiger partial charge in [0.15, 0.2) is 5.96 Å². The Kier molecular flexibility index (Phi) is 13.6. The van der Waals surface area contributed by atoms with E-state index in [2.05, 4.69) is 55.5 Å². The molecule has 1 rings (SSSR count). The van der Waals surface area contributed by atoms with Gasteiger partial charge in [0.2, 0.25) is 0 Å². The highest BCUT2D eigenvalue weighted by molar-refractivity contribution is 14.0. The van der Waals surface area contributed by atoms with Crippen molar-refractivity contribution >= 4 is 29.9 Å². The van der Waals surface area contributed by atoms with Crippen LogP contribution in [0.4, 0.5) is 0 Å². The van der Waals surface area contributed by atoms with Crippen LogP contribution < -0.4 is 15.4 Å². The summed E-state index contributed by atoms with van der Waals surface area (Å²) in [5.41, 5.74) is 1.20. The van der Waals surface area contributed by atoms with E-state index in [0.717, 1.165) is 44.4 Å². The second-order valence-electron chi connectivity index (χ2n) is 6.25. The van der Waals surface area contributed by atoms with E-state index in [4.69, 9.17) is 9.47 Å². The molecule has 0 radical (unpaired) electrons. The molecule has 25 heavy (non-hydrogen) atoms. The molecule has 0 fully saturated rings. The SMILES string of the molecule is CCNC(=NCCCOC)NC(C)c1ccc(OCC(C)C)cc1.I.